The number of hydrogen-bond donors (Lipinski definition) is 0. The molecular weight excluding hydrogens is 865 g/mol. The van der Waals surface area contributed by atoms with E-state index in [2.05, 4.69) is 126 Å². The van der Waals surface area contributed by atoms with Crippen LogP contribution in [-0.4, -0.2) is 3.21 Å². The minimum absolute atomic E-state index is 0. The Morgan fingerprint density at radius 2 is 0.828 bits per heavy atom. The van der Waals surface area contributed by atoms with E-state index in [0.717, 1.165) is 54.9 Å². The van der Waals surface area contributed by atoms with E-state index in [9.17, 15) is 26.3 Å². The van der Waals surface area contributed by atoms with Gasteiger partial charge in [-0.1, -0.05) is 117 Å². The number of rotatable bonds is 2. The second kappa shape index (κ2) is 18.8. The zero-order valence-electron chi connectivity index (χ0n) is 35.5. The molecule has 0 nitrogen and oxygen atoms in total. The van der Waals surface area contributed by atoms with Gasteiger partial charge in [0.2, 0.25) is 0 Å². The number of fused-ring (bicyclic) bond motifs is 3. The Morgan fingerprint density at radius 3 is 1.05 bits per heavy atom. The van der Waals surface area contributed by atoms with Crippen LogP contribution in [0.2, 0.25) is 0 Å². The summed E-state index contributed by atoms with van der Waals surface area (Å²) in [5, 5.41) is 5.57. The van der Waals surface area contributed by atoms with E-state index < -0.39 is 23.5 Å². The van der Waals surface area contributed by atoms with Crippen molar-refractivity contribution in [3.8, 4) is 0 Å². The van der Waals surface area contributed by atoms with Gasteiger partial charge in [0.1, 0.15) is 0 Å². The third-order valence-electron chi connectivity index (χ3n) is 9.80. The predicted octanol–water partition coefficient (Wildman–Crippen LogP) is 15.9. The van der Waals surface area contributed by atoms with E-state index in [-0.39, 0.29) is 46.5 Å². The molecule has 1 aliphatic rings. The number of allylic oxidation sites excluding steroid dienone is 4. The van der Waals surface area contributed by atoms with Crippen LogP contribution in [0.3, 0.4) is 0 Å². The first-order chi connectivity index (χ1) is 25.5. The Labute approximate surface area is 369 Å². The van der Waals surface area contributed by atoms with Crippen LogP contribution in [0.25, 0.3) is 21.5 Å². The van der Waals surface area contributed by atoms with Crippen LogP contribution in [-0.2, 0) is 58.2 Å². The first-order valence-corrected chi connectivity index (χ1v) is 20.1. The zero-order valence-corrected chi connectivity index (χ0v) is 39.6. The summed E-state index contributed by atoms with van der Waals surface area (Å²) in [5.74, 6) is 0. The molecule has 0 amide bonds. The normalized spacial score (nSPS) is 13.3. The SMILES string of the molecule is CC(C)(C)c1cc2[cH-]c3cc(C(C)(C)C)c(C(C)(C)C)cc3c2cc1C(C)(C)C.Cl.Cl.FC(F)(F)c1ccc([C](=[Zr+2])c2ccc(C(F)(F)F)cc2)cc1.[C-]1=CC=CC1. The molecule has 0 bridgehead atoms. The number of alkyl halides is 6. The van der Waals surface area contributed by atoms with E-state index in [1.54, 1.807) is 0 Å². The summed E-state index contributed by atoms with van der Waals surface area (Å²) in [7, 11) is 0. The van der Waals surface area contributed by atoms with Crippen LogP contribution in [0.5, 0.6) is 0 Å². The van der Waals surface area contributed by atoms with Gasteiger partial charge in [0.15, 0.2) is 0 Å². The molecule has 0 N–H and O–H groups in total. The quantitative estimate of drug-likeness (QED) is 0.122. The fourth-order valence-electron chi connectivity index (χ4n) is 6.75. The van der Waals surface area contributed by atoms with Gasteiger partial charge in [0.25, 0.3) is 0 Å². The van der Waals surface area contributed by atoms with Crippen LogP contribution >= 0.6 is 24.8 Å². The molecule has 0 heterocycles. The van der Waals surface area contributed by atoms with Crippen LogP contribution in [0.4, 0.5) is 26.3 Å². The summed E-state index contributed by atoms with van der Waals surface area (Å²) in [6.45, 7) is 28.0. The van der Waals surface area contributed by atoms with Crippen LogP contribution in [0.1, 0.15) is 134 Å². The van der Waals surface area contributed by atoms with Gasteiger partial charge in [-0.15, -0.1) is 71.0 Å². The van der Waals surface area contributed by atoms with E-state index in [0.29, 0.717) is 14.3 Å². The first-order valence-electron chi connectivity index (χ1n) is 18.9. The van der Waals surface area contributed by atoms with Gasteiger partial charge in [-0.25, -0.2) is 12.2 Å². The second-order valence-corrected chi connectivity index (χ2v) is 19.9. The van der Waals surface area contributed by atoms with Gasteiger partial charge >= 0.3 is 137 Å². The monoisotopic (exact) mass is 918 g/mol. The third-order valence-corrected chi connectivity index (χ3v) is 11.2. The molecule has 0 unspecified atom stereocenters. The molecule has 6 rings (SSSR count). The molecule has 0 saturated heterocycles. The van der Waals surface area contributed by atoms with Crippen molar-refractivity contribution in [2.45, 2.75) is 124 Å². The van der Waals surface area contributed by atoms with Gasteiger partial charge in [-0.3, -0.25) is 6.08 Å². The third kappa shape index (κ3) is 12.8. The Kier molecular flexibility index (Phi) is 16.6. The van der Waals surface area contributed by atoms with E-state index in [4.69, 9.17) is 0 Å². The molecular formula is C49H56Cl2F6Zr. The first kappa shape index (κ1) is 51.3. The van der Waals surface area contributed by atoms with E-state index in [1.165, 1.54) is 68.1 Å². The molecule has 0 aromatic heterocycles. The fourth-order valence-corrected chi connectivity index (χ4v) is 7.57. The summed E-state index contributed by atoms with van der Waals surface area (Å²) >= 11 is 0.898. The predicted molar refractivity (Wildman–Crippen MR) is 234 cm³/mol. The summed E-state index contributed by atoms with van der Waals surface area (Å²) in [5.41, 5.74) is 6.01. The maximum atomic E-state index is 12.5. The minimum Gasteiger partial charge on any atom is -0.273 e. The van der Waals surface area contributed by atoms with Crippen molar-refractivity contribution in [1.29, 1.82) is 0 Å². The van der Waals surface area contributed by atoms with Gasteiger partial charge in [-0.05, 0) is 21.7 Å². The topological polar surface area (TPSA) is 0 Å². The number of benzene rings is 4. The summed E-state index contributed by atoms with van der Waals surface area (Å²) in [6, 6.07) is 21.5. The van der Waals surface area contributed by atoms with Crippen molar-refractivity contribution < 1.29 is 50.6 Å². The van der Waals surface area contributed by atoms with Crippen molar-refractivity contribution in [1.82, 2.24) is 0 Å². The molecule has 9 heteroatoms. The smallest absolute Gasteiger partial charge is 0.109 e. The molecule has 5 aromatic carbocycles. The molecule has 1 aliphatic carbocycles. The largest absolute Gasteiger partial charge is 0.273 e. The molecule has 0 spiro atoms. The Bertz CT molecular complexity index is 2070. The number of hydrogen-bond acceptors (Lipinski definition) is 0. The van der Waals surface area contributed by atoms with Crippen LogP contribution in [0, 0.1) is 6.08 Å². The average Bonchev–Trinajstić information content (AvgIpc) is 3.77. The minimum atomic E-state index is -4.41. The van der Waals surface area contributed by atoms with Crippen molar-refractivity contribution in [3.63, 3.8) is 0 Å². The average molecular weight is 921 g/mol. The Hall–Kier alpha value is -2.86. The van der Waals surface area contributed by atoms with Crippen LogP contribution < -0.4 is 0 Å². The standard InChI is InChI=1S/C29H41.C15H8F6.C5H5.2ClH.Zr/c1-26(2,3)22-14-18-13-19-15-23(27(4,5)6)25(29(10,11)12)17-21(19)20(18)16-24(22)28(7,8)9;16-14(17,18)12-5-1-10(2-6-12)9-11-3-7-13(8-4-11)15(19,20)21;1-2-4-5-3-1;;;/h13-17H,1-12H3;1-8H;1-3H,4H2;2*1H;/q-1;;-1;;;+2. The molecule has 58 heavy (non-hydrogen) atoms. The van der Waals surface area contributed by atoms with Gasteiger partial charge in [0.05, 0.1) is 0 Å². The summed E-state index contributed by atoms with van der Waals surface area (Å²) in [6.07, 6.45) is 1.18. The van der Waals surface area contributed by atoms with Gasteiger partial charge in [0, 0.05) is 0 Å². The fraction of sp³-hybridized carbons (Fsp3) is 0.388. The Morgan fingerprint density at radius 1 is 0.517 bits per heavy atom. The summed E-state index contributed by atoms with van der Waals surface area (Å²) in [4.78, 5) is 0. The molecule has 5 aromatic rings. The molecule has 0 radical (unpaired) electrons. The number of halogens is 8. The maximum Gasteiger partial charge on any atom is -0.109 e. The molecule has 0 aliphatic heterocycles. The van der Waals surface area contributed by atoms with Crippen molar-refractivity contribution >= 4 is 49.6 Å². The van der Waals surface area contributed by atoms with Crippen molar-refractivity contribution in [2.24, 2.45) is 0 Å². The molecule has 0 saturated carbocycles. The molecule has 0 fully saturated rings. The van der Waals surface area contributed by atoms with Gasteiger partial charge in [-0.2, -0.15) is 6.08 Å². The van der Waals surface area contributed by atoms with E-state index >= 15 is 0 Å². The van der Waals surface area contributed by atoms with E-state index in [1.807, 2.05) is 12.2 Å². The van der Waals surface area contributed by atoms with Crippen molar-refractivity contribution in [2.75, 3.05) is 0 Å². The van der Waals surface area contributed by atoms with Gasteiger partial charge < -0.3 is 0 Å². The summed E-state index contributed by atoms with van der Waals surface area (Å²) < 4.78 is 75.6. The van der Waals surface area contributed by atoms with Crippen molar-refractivity contribution in [3.05, 3.63) is 148 Å². The maximum absolute atomic E-state index is 12.5. The zero-order chi connectivity index (χ0) is 42.2. The van der Waals surface area contributed by atoms with Crippen LogP contribution in [0.15, 0.2) is 97.1 Å². The Balaban J connectivity index is 0.000000354. The molecule has 0 atom stereocenters. The second-order valence-electron chi connectivity index (χ2n) is 18.6. The molecule has 312 valence electrons.